The van der Waals surface area contributed by atoms with Gasteiger partial charge in [-0.25, -0.2) is 0 Å². The topological polar surface area (TPSA) is 40.7 Å². The standard InChI is InChI=1S/C9H11N3.C2H6/c1-10-5-7-2-3-8-6-11-12-9(8)4-7;1-2/h2-4,6,10H,5H2,1H3,(H,11,12);1-2H3. The summed E-state index contributed by atoms with van der Waals surface area (Å²) in [6.07, 6.45) is 1.83. The molecule has 76 valence electrons. The van der Waals surface area contributed by atoms with Gasteiger partial charge in [-0.05, 0) is 18.7 Å². The van der Waals surface area contributed by atoms with E-state index in [-0.39, 0.29) is 0 Å². The maximum Gasteiger partial charge on any atom is 0.0653 e. The summed E-state index contributed by atoms with van der Waals surface area (Å²) in [5.41, 5.74) is 2.37. The van der Waals surface area contributed by atoms with Gasteiger partial charge in [0.2, 0.25) is 0 Å². The highest BCUT2D eigenvalue weighted by molar-refractivity contribution is 5.78. The smallest absolute Gasteiger partial charge is 0.0653 e. The Morgan fingerprint density at radius 1 is 1.36 bits per heavy atom. The summed E-state index contributed by atoms with van der Waals surface area (Å²) in [6.45, 7) is 4.90. The molecule has 0 aliphatic heterocycles. The second-order valence-electron chi connectivity index (χ2n) is 2.82. The first kappa shape index (κ1) is 10.7. The fourth-order valence-electron chi connectivity index (χ4n) is 1.30. The van der Waals surface area contributed by atoms with Crippen molar-refractivity contribution in [1.29, 1.82) is 0 Å². The Bertz CT molecular complexity index is 379. The van der Waals surface area contributed by atoms with Crippen LogP contribution in [-0.4, -0.2) is 17.2 Å². The fourth-order valence-corrected chi connectivity index (χ4v) is 1.30. The Morgan fingerprint density at radius 2 is 2.14 bits per heavy atom. The highest BCUT2D eigenvalue weighted by atomic mass is 15.1. The minimum absolute atomic E-state index is 0.898. The summed E-state index contributed by atoms with van der Waals surface area (Å²) in [5.74, 6) is 0. The van der Waals surface area contributed by atoms with Crippen LogP contribution in [0.4, 0.5) is 0 Å². The van der Waals surface area contributed by atoms with E-state index in [1.165, 1.54) is 5.56 Å². The molecular formula is C11H17N3. The third-order valence-corrected chi connectivity index (χ3v) is 1.89. The number of H-pyrrole nitrogens is 1. The zero-order valence-corrected chi connectivity index (χ0v) is 8.96. The minimum atomic E-state index is 0.898. The van der Waals surface area contributed by atoms with Crippen LogP contribution in [0.1, 0.15) is 19.4 Å². The molecule has 3 nitrogen and oxygen atoms in total. The van der Waals surface area contributed by atoms with Gasteiger partial charge in [-0.2, -0.15) is 5.10 Å². The molecule has 1 aromatic carbocycles. The van der Waals surface area contributed by atoms with Crippen molar-refractivity contribution in [2.75, 3.05) is 7.05 Å². The normalized spacial score (nSPS) is 9.64. The molecule has 0 aliphatic rings. The van der Waals surface area contributed by atoms with Gasteiger partial charge in [-0.15, -0.1) is 0 Å². The Balaban J connectivity index is 0.000000461. The Morgan fingerprint density at radius 3 is 2.86 bits per heavy atom. The Labute approximate surface area is 84.5 Å². The molecule has 0 bridgehead atoms. The number of hydrogen-bond acceptors (Lipinski definition) is 2. The first-order valence-electron chi connectivity index (χ1n) is 4.97. The molecular weight excluding hydrogens is 174 g/mol. The average Bonchev–Trinajstić information content (AvgIpc) is 2.68. The molecule has 0 atom stereocenters. The van der Waals surface area contributed by atoms with E-state index in [0.717, 1.165) is 17.4 Å². The monoisotopic (exact) mass is 191 g/mol. The summed E-state index contributed by atoms with van der Waals surface area (Å²) < 4.78 is 0. The van der Waals surface area contributed by atoms with Crippen molar-refractivity contribution in [2.45, 2.75) is 20.4 Å². The van der Waals surface area contributed by atoms with Gasteiger partial charge >= 0.3 is 0 Å². The third kappa shape index (κ3) is 2.33. The minimum Gasteiger partial charge on any atom is -0.316 e. The van der Waals surface area contributed by atoms with Gasteiger partial charge in [0, 0.05) is 11.9 Å². The quantitative estimate of drug-likeness (QED) is 0.764. The van der Waals surface area contributed by atoms with Crippen molar-refractivity contribution >= 4 is 10.9 Å². The van der Waals surface area contributed by atoms with Crippen LogP contribution in [0, 0.1) is 0 Å². The molecule has 1 aromatic heterocycles. The molecule has 3 heteroatoms. The molecule has 14 heavy (non-hydrogen) atoms. The first-order chi connectivity index (χ1) is 6.90. The number of benzene rings is 1. The maximum absolute atomic E-state index is 3.96. The predicted octanol–water partition coefficient (Wildman–Crippen LogP) is 2.31. The molecule has 2 aromatic rings. The van der Waals surface area contributed by atoms with E-state index in [1.54, 1.807) is 0 Å². The largest absolute Gasteiger partial charge is 0.316 e. The van der Waals surface area contributed by atoms with Crippen molar-refractivity contribution in [3.8, 4) is 0 Å². The summed E-state index contributed by atoms with van der Waals surface area (Å²) in [6, 6.07) is 6.29. The van der Waals surface area contributed by atoms with Crippen LogP contribution in [0.15, 0.2) is 24.4 Å². The zero-order chi connectivity index (χ0) is 10.4. The van der Waals surface area contributed by atoms with E-state index < -0.39 is 0 Å². The molecule has 0 amide bonds. The van der Waals surface area contributed by atoms with Crippen LogP contribution in [-0.2, 0) is 6.54 Å². The van der Waals surface area contributed by atoms with Gasteiger partial charge in [0.25, 0.3) is 0 Å². The lowest BCUT2D eigenvalue weighted by molar-refractivity contribution is 0.819. The Kier molecular flexibility index (Phi) is 4.13. The van der Waals surface area contributed by atoms with Gasteiger partial charge < -0.3 is 5.32 Å². The van der Waals surface area contributed by atoms with E-state index in [2.05, 4.69) is 33.7 Å². The number of nitrogens with one attached hydrogen (secondary N) is 2. The summed E-state index contributed by atoms with van der Waals surface area (Å²) in [5, 5.41) is 11.2. The maximum atomic E-state index is 3.96. The number of fused-ring (bicyclic) bond motifs is 1. The Hall–Kier alpha value is -1.35. The summed E-state index contributed by atoms with van der Waals surface area (Å²) >= 11 is 0. The van der Waals surface area contributed by atoms with Gasteiger partial charge in [0.05, 0.1) is 11.7 Å². The molecule has 0 saturated carbocycles. The molecule has 2 N–H and O–H groups in total. The molecule has 0 unspecified atom stereocenters. The number of rotatable bonds is 2. The van der Waals surface area contributed by atoms with Crippen LogP contribution in [0.25, 0.3) is 10.9 Å². The van der Waals surface area contributed by atoms with Crippen molar-refractivity contribution in [1.82, 2.24) is 15.5 Å². The lowest BCUT2D eigenvalue weighted by Gasteiger charge is -1.98. The van der Waals surface area contributed by atoms with Gasteiger partial charge in [0.15, 0.2) is 0 Å². The fraction of sp³-hybridized carbons (Fsp3) is 0.364. The van der Waals surface area contributed by atoms with Crippen LogP contribution in [0.2, 0.25) is 0 Å². The van der Waals surface area contributed by atoms with E-state index in [9.17, 15) is 0 Å². The van der Waals surface area contributed by atoms with Crippen molar-refractivity contribution in [3.63, 3.8) is 0 Å². The van der Waals surface area contributed by atoms with Crippen LogP contribution in [0.3, 0.4) is 0 Å². The highest BCUT2D eigenvalue weighted by Gasteiger charge is 1.95. The van der Waals surface area contributed by atoms with E-state index in [1.807, 2.05) is 27.1 Å². The molecule has 1 heterocycles. The van der Waals surface area contributed by atoms with Gasteiger partial charge in [0.1, 0.15) is 0 Å². The van der Waals surface area contributed by atoms with Crippen molar-refractivity contribution in [3.05, 3.63) is 30.0 Å². The van der Waals surface area contributed by atoms with Crippen LogP contribution in [0.5, 0.6) is 0 Å². The van der Waals surface area contributed by atoms with Gasteiger partial charge in [-0.1, -0.05) is 26.0 Å². The zero-order valence-electron chi connectivity index (χ0n) is 8.96. The molecule has 0 aliphatic carbocycles. The second kappa shape index (κ2) is 5.40. The molecule has 0 saturated heterocycles. The average molecular weight is 191 g/mol. The SMILES string of the molecule is CC.CNCc1ccc2cn[nH]c2c1. The lowest BCUT2D eigenvalue weighted by Crippen LogP contribution is -2.04. The predicted molar refractivity (Wildman–Crippen MR) is 60.2 cm³/mol. The van der Waals surface area contributed by atoms with Crippen LogP contribution >= 0.6 is 0 Å². The van der Waals surface area contributed by atoms with Crippen molar-refractivity contribution in [2.24, 2.45) is 0 Å². The molecule has 2 rings (SSSR count). The molecule has 0 spiro atoms. The van der Waals surface area contributed by atoms with E-state index in [0.29, 0.717) is 0 Å². The number of hydrogen-bond donors (Lipinski definition) is 2. The summed E-state index contributed by atoms with van der Waals surface area (Å²) in [7, 11) is 1.94. The number of aromatic amines is 1. The van der Waals surface area contributed by atoms with E-state index >= 15 is 0 Å². The third-order valence-electron chi connectivity index (χ3n) is 1.89. The van der Waals surface area contributed by atoms with Crippen LogP contribution < -0.4 is 5.32 Å². The molecule has 0 radical (unpaired) electrons. The van der Waals surface area contributed by atoms with E-state index in [4.69, 9.17) is 0 Å². The first-order valence-corrected chi connectivity index (χ1v) is 4.97. The molecule has 0 fully saturated rings. The lowest BCUT2D eigenvalue weighted by atomic mass is 10.2. The van der Waals surface area contributed by atoms with Gasteiger partial charge in [-0.3, -0.25) is 5.10 Å². The number of aromatic nitrogens is 2. The number of nitrogens with zero attached hydrogens (tertiary/aromatic N) is 1. The second-order valence-corrected chi connectivity index (χ2v) is 2.82. The summed E-state index contributed by atoms with van der Waals surface area (Å²) in [4.78, 5) is 0. The van der Waals surface area contributed by atoms with Crippen molar-refractivity contribution < 1.29 is 0 Å². The highest BCUT2D eigenvalue weighted by Crippen LogP contribution is 2.12.